The number of nitrogens with one attached hydrogen (secondary N) is 1. The molecule has 3 heteroatoms. The van der Waals surface area contributed by atoms with E-state index < -0.39 is 0 Å². The summed E-state index contributed by atoms with van der Waals surface area (Å²) in [6, 6.07) is 1.30. The van der Waals surface area contributed by atoms with Gasteiger partial charge in [-0.15, -0.1) is 0 Å². The van der Waals surface area contributed by atoms with Gasteiger partial charge in [0.1, 0.15) is 0 Å². The number of piperidine rings is 1. The van der Waals surface area contributed by atoms with Gasteiger partial charge in [0.15, 0.2) is 0 Å². The van der Waals surface area contributed by atoms with E-state index in [1.807, 2.05) is 0 Å². The van der Waals surface area contributed by atoms with E-state index in [-0.39, 0.29) is 5.54 Å². The fraction of sp³-hybridized carbons (Fsp3) is 1.00. The van der Waals surface area contributed by atoms with E-state index in [0.29, 0.717) is 12.1 Å². The maximum absolute atomic E-state index is 6.08. The number of nitrogens with zero attached hydrogens (tertiary/aromatic N) is 1. The number of hydrogen-bond acceptors (Lipinski definition) is 3. The van der Waals surface area contributed by atoms with E-state index in [9.17, 15) is 0 Å². The predicted octanol–water partition coefficient (Wildman–Crippen LogP) is 2.27. The zero-order chi connectivity index (χ0) is 12.5. The highest BCUT2D eigenvalue weighted by molar-refractivity contribution is 5.01. The van der Waals surface area contributed by atoms with Crippen LogP contribution in [0.25, 0.3) is 0 Å². The Morgan fingerprint density at radius 1 is 1.18 bits per heavy atom. The van der Waals surface area contributed by atoms with Gasteiger partial charge in [0, 0.05) is 24.2 Å². The molecule has 1 saturated carbocycles. The van der Waals surface area contributed by atoms with Crippen molar-refractivity contribution in [3.05, 3.63) is 0 Å². The van der Waals surface area contributed by atoms with E-state index in [0.717, 1.165) is 18.9 Å². The summed E-state index contributed by atoms with van der Waals surface area (Å²) < 4.78 is 0. The fourth-order valence-corrected chi connectivity index (χ4v) is 3.35. The first-order valence-corrected chi connectivity index (χ1v) is 7.39. The maximum atomic E-state index is 6.08. The minimum Gasteiger partial charge on any atom is -0.329 e. The molecule has 0 aromatic heterocycles. The number of hydrazine groups is 1. The number of hydrogen-bond donors (Lipinski definition) is 2. The van der Waals surface area contributed by atoms with Gasteiger partial charge in [-0.05, 0) is 51.9 Å². The molecule has 0 aromatic carbocycles. The molecule has 0 amide bonds. The van der Waals surface area contributed by atoms with E-state index in [1.54, 1.807) is 0 Å². The summed E-state index contributed by atoms with van der Waals surface area (Å²) >= 11 is 0. The minimum absolute atomic E-state index is 0.167. The van der Waals surface area contributed by atoms with Crippen LogP contribution in [0, 0.1) is 5.92 Å². The van der Waals surface area contributed by atoms with Gasteiger partial charge < -0.3 is 5.73 Å². The Kier molecular flexibility index (Phi) is 4.11. The van der Waals surface area contributed by atoms with E-state index in [1.165, 1.54) is 32.1 Å². The largest absolute Gasteiger partial charge is 0.329 e. The zero-order valence-corrected chi connectivity index (χ0v) is 11.7. The standard InChI is InChI=1S/C14H29N3/c1-4-14(10-15,13-8-9-13)16-17-11(2)6-5-7-12(17)3/h11-13,16H,4-10,15H2,1-3H3. The molecule has 0 spiro atoms. The van der Waals surface area contributed by atoms with E-state index in [2.05, 4.69) is 31.2 Å². The molecule has 3 atom stereocenters. The Labute approximate surface area is 106 Å². The van der Waals surface area contributed by atoms with Crippen molar-refractivity contribution in [2.75, 3.05) is 6.54 Å². The Morgan fingerprint density at radius 2 is 1.76 bits per heavy atom. The Bertz CT molecular complexity index is 236. The van der Waals surface area contributed by atoms with Gasteiger partial charge in [-0.1, -0.05) is 13.3 Å². The fourth-order valence-electron chi connectivity index (χ4n) is 3.35. The van der Waals surface area contributed by atoms with Gasteiger partial charge in [0.2, 0.25) is 0 Å². The molecule has 1 aliphatic carbocycles. The SMILES string of the molecule is CCC(CN)(NN1C(C)CCCC1C)C1CC1. The highest BCUT2D eigenvalue weighted by atomic mass is 15.6. The molecular weight excluding hydrogens is 210 g/mol. The second-order valence-corrected chi connectivity index (χ2v) is 6.14. The number of nitrogens with two attached hydrogens (primary N) is 1. The van der Waals surface area contributed by atoms with Crippen LogP contribution in [0.4, 0.5) is 0 Å². The van der Waals surface area contributed by atoms with Crippen LogP contribution in [0.3, 0.4) is 0 Å². The molecule has 2 aliphatic rings. The van der Waals surface area contributed by atoms with Crippen LogP contribution in [0.5, 0.6) is 0 Å². The average Bonchev–Trinajstić information content (AvgIpc) is 3.14. The molecule has 1 saturated heterocycles. The Morgan fingerprint density at radius 3 is 2.18 bits per heavy atom. The lowest BCUT2D eigenvalue weighted by atomic mass is 9.90. The average molecular weight is 239 g/mol. The Balaban J connectivity index is 2.05. The molecule has 3 N–H and O–H groups in total. The van der Waals surface area contributed by atoms with Gasteiger partial charge in [0.25, 0.3) is 0 Å². The number of rotatable bonds is 5. The van der Waals surface area contributed by atoms with Crippen molar-refractivity contribution in [3.63, 3.8) is 0 Å². The minimum atomic E-state index is 0.167. The molecule has 100 valence electrons. The maximum Gasteiger partial charge on any atom is 0.0473 e. The lowest BCUT2D eigenvalue weighted by Crippen LogP contribution is -2.64. The van der Waals surface area contributed by atoms with E-state index >= 15 is 0 Å². The van der Waals surface area contributed by atoms with E-state index in [4.69, 9.17) is 5.73 Å². The van der Waals surface area contributed by atoms with Gasteiger partial charge in [-0.2, -0.15) is 0 Å². The molecule has 0 bridgehead atoms. The van der Waals surface area contributed by atoms with Crippen LogP contribution in [0.1, 0.15) is 59.3 Å². The summed E-state index contributed by atoms with van der Waals surface area (Å²) in [4.78, 5) is 0. The van der Waals surface area contributed by atoms with Crippen molar-refractivity contribution in [2.45, 2.75) is 76.9 Å². The van der Waals surface area contributed by atoms with Crippen LogP contribution in [0.15, 0.2) is 0 Å². The summed E-state index contributed by atoms with van der Waals surface area (Å²) in [5.41, 5.74) is 10.1. The Hall–Kier alpha value is -0.120. The monoisotopic (exact) mass is 239 g/mol. The van der Waals surface area contributed by atoms with Crippen molar-refractivity contribution in [1.29, 1.82) is 0 Å². The summed E-state index contributed by atoms with van der Waals surface area (Å²) in [5.74, 6) is 0.804. The summed E-state index contributed by atoms with van der Waals surface area (Å²) in [7, 11) is 0. The molecule has 1 aliphatic heterocycles. The lowest BCUT2D eigenvalue weighted by molar-refractivity contribution is -0.00642. The van der Waals surface area contributed by atoms with Crippen molar-refractivity contribution in [1.82, 2.24) is 10.4 Å². The van der Waals surface area contributed by atoms with Crippen LogP contribution >= 0.6 is 0 Å². The third-order valence-corrected chi connectivity index (χ3v) is 4.90. The van der Waals surface area contributed by atoms with Crippen LogP contribution in [0.2, 0.25) is 0 Å². The van der Waals surface area contributed by atoms with Crippen molar-refractivity contribution < 1.29 is 0 Å². The van der Waals surface area contributed by atoms with Crippen LogP contribution < -0.4 is 11.2 Å². The van der Waals surface area contributed by atoms with Crippen molar-refractivity contribution >= 4 is 0 Å². The van der Waals surface area contributed by atoms with Crippen molar-refractivity contribution in [2.24, 2.45) is 11.7 Å². The summed E-state index contributed by atoms with van der Waals surface area (Å²) in [6.45, 7) is 7.72. The van der Waals surface area contributed by atoms with Crippen LogP contribution in [-0.4, -0.2) is 29.2 Å². The molecule has 1 heterocycles. The highest BCUT2D eigenvalue weighted by Crippen LogP contribution is 2.41. The summed E-state index contributed by atoms with van der Waals surface area (Å²) in [6.07, 6.45) is 7.85. The molecule has 3 nitrogen and oxygen atoms in total. The molecule has 0 aromatic rings. The highest BCUT2D eigenvalue weighted by Gasteiger charge is 2.45. The lowest BCUT2D eigenvalue weighted by Gasteiger charge is -2.46. The quantitative estimate of drug-likeness (QED) is 0.773. The third kappa shape index (κ3) is 2.67. The first-order chi connectivity index (χ1) is 8.13. The second kappa shape index (κ2) is 5.25. The zero-order valence-electron chi connectivity index (χ0n) is 11.7. The molecule has 3 unspecified atom stereocenters. The molecular formula is C14H29N3. The van der Waals surface area contributed by atoms with Gasteiger partial charge in [-0.3, -0.25) is 0 Å². The summed E-state index contributed by atoms with van der Waals surface area (Å²) in [5, 5.41) is 2.50. The molecule has 2 fully saturated rings. The molecule has 0 radical (unpaired) electrons. The first kappa shape index (κ1) is 13.3. The molecule has 2 rings (SSSR count). The van der Waals surface area contributed by atoms with Crippen molar-refractivity contribution in [3.8, 4) is 0 Å². The third-order valence-electron chi connectivity index (χ3n) is 4.90. The van der Waals surface area contributed by atoms with Gasteiger partial charge in [0.05, 0.1) is 0 Å². The topological polar surface area (TPSA) is 41.3 Å². The van der Waals surface area contributed by atoms with Gasteiger partial charge in [-0.25, -0.2) is 10.4 Å². The van der Waals surface area contributed by atoms with Crippen LogP contribution in [-0.2, 0) is 0 Å². The second-order valence-electron chi connectivity index (χ2n) is 6.14. The molecule has 17 heavy (non-hydrogen) atoms. The predicted molar refractivity (Wildman–Crippen MR) is 72.6 cm³/mol. The van der Waals surface area contributed by atoms with Gasteiger partial charge >= 0.3 is 0 Å². The smallest absolute Gasteiger partial charge is 0.0473 e. The first-order valence-electron chi connectivity index (χ1n) is 7.39. The normalized spacial score (nSPS) is 34.6.